The van der Waals surface area contributed by atoms with E-state index in [2.05, 4.69) is 26.2 Å². The summed E-state index contributed by atoms with van der Waals surface area (Å²) in [6.45, 7) is 1.82. The molecule has 0 spiro atoms. The lowest BCUT2D eigenvalue weighted by molar-refractivity contribution is -0.137. The molecule has 1 saturated carbocycles. The molecule has 0 amide bonds. The normalized spacial score (nSPS) is 15.3. The van der Waals surface area contributed by atoms with E-state index in [-0.39, 0.29) is 0 Å². The van der Waals surface area contributed by atoms with Crippen LogP contribution in [-0.2, 0) is 6.18 Å². The van der Waals surface area contributed by atoms with Gasteiger partial charge in [0.1, 0.15) is 0 Å². The third kappa shape index (κ3) is 3.07. The van der Waals surface area contributed by atoms with Crippen molar-refractivity contribution in [2.45, 2.75) is 32.0 Å². The zero-order valence-corrected chi connectivity index (χ0v) is 12.8. The second-order valence-electron chi connectivity index (χ2n) is 5.16. The van der Waals surface area contributed by atoms with Gasteiger partial charge >= 0.3 is 6.18 Å². The van der Waals surface area contributed by atoms with Crippen molar-refractivity contribution < 1.29 is 13.2 Å². The Kier molecular flexibility index (Phi) is 3.47. The molecule has 21 heavy (non-hydrogen) atoms. The number of alkyl halides is 3. The minimum atomic E-state index is -4.37. The van der Waals surface area contributed by atoms with Crippen molar-refractivity contribution in [3.05, 3.63) is 40.1 Å². The number of aromatic nitrogens is 2. The Morgan fingerprint density at radius 3 is 2.67 bits per heavy atom. The smallest absolute Gasteiger partial charge is 0.353 e. The molecule has 0 aliphatic heterocycles. The van der Waals surface area contributed by atoms with E-state index >= 15 is 0 Å². The lowest BCUT2D eigenvalue weighted by atomic mass is 10.2. The quantitative estimate of drug-likeness (QED) is 0.871. The number of benzene rings is 1. The van der Waals surface area contributed by atoms with Gasteiger partial charge in [0.2, 0.25) is 5.95 Å². The van der Waals surface area contributed by atoms with Crippen molar-refractivity contribution in [1.82, 2.24) is 9.55 Å². The standard InChI is InChI=1S/C14H13BrF3N3/c1-8-7-21(13(19-8)20-10-3-4-10)12-6-9(14(16,17)18)2-5-11(12)15/h2,5-7,10H,3-4H2,1H3,(H,19,20). The molecule has 3 nitrogen and oxygen atoms in total. The van der Waals surface area contributed by atoms with E-state index in [1.165, 1.54) is 6.07 Å². The van der Waals surface area contributed by atoms with Gasteiger partial charge in [0.25, 0.3) is 0 Å². The third-order valence-corrected chi connectivity index (χ3v) is 3.94. The summed E-state index contributed by atoms with van der Waals surface area (Å²) in [5, 5.41) is 3.24. The first kappa shape index (κ1) is 14.4. The van der Waals surface area contributed by atoms with Gasteiger partial charge < -0.3 is 5.32 Å². The summed E-state index contributed by atoms with van der Waals surface area (Å²) < 4.78 is 40.9. The van der Waals surface area contributed by atoms with Crippen LogP contribution in [-0.4, -0.2) is 15.6 Å². The molecule has 1 aliphatic carbocycles. The van der Waals surface area contributed by atoms with Gasteiger partial charge in [0, 0.05) is 16.7 Å². The molecule has 1 heterocycles. The molecule has 1 N–H and O–H groups in total. The fourth-order valence-electron chi connectivity index (χ4n) is 2.07. The van der Waals surface area contributed by atoms with Crippen molar-refractivity contribution in [2.24, 2.45) is 0 Å². The topological polar surface area (TPSA) is 29.9 Å². The highest BCUT2D eigenvalue weighted by molar-refractivity contribution is 9.10. The van der Waals surface area contributed by atoms with Crippen molar-refractivity contribution in [3.63, 3.8) is 0 Å². The largest absolute Gasteiger partial charge is 0.416 e. The SMILES string of the molecule is Cc1cn(-c2cc(C(F)(F)F)ccc2Br)c(NC2CC2)n1. The minimum absolute atomic E-state index is 0.370. The number of nitrogens with zero attached hydrogens (tertiary/aromatic N) is 2. The van der Waals surface area contributed by atoms with Gasteiger partial charge in [0.15, 0.2) is 0 Å². The van der Waals surface area contributed by atoms with Gasteiger partial charge in [0.05, 0.1) is 16.9 Å². The summed E-state index contributed by atoms with van der Waals surface area (Å²) >= 11 is 3.32. The van der Waals surface area contributed by atoms with Gasteiger partial charge in [-0.15, -0.1) is 0 Å². The predicted molar refractivity (Wildman–Crippen MR) is 77.6 cm³/mol. The highest BCUT2D eigenvalue weighted by atomic mass is 79.9. The first-order chi connectivity index (χ1) is 9.84. The number of hydrogen-bond acceptors (Lipinski definition) is 2. The van der Waals surface area contributed by atoms with Crippen LogP contribution in [0.5, 0.6) is 0 Å². The van der Waals surface area contributed by atoms with Crippen LogP contribution in [0.4, 0.5) is 19.1 Å². The summed E-state index contributed by atoms with van der Waals surface area (Å²) in [4.78, 5) is 4.35. The molecule has 0 saturated heterocycles. The number of hydrogen-bond donors (Lipinski definition) is 1. The highest BCUT2D eigenvalue weighted by Crippen LogP contribution is 2.35. The van der Waals surface area contributed by atoms with Crippen LogP contribution in [0, 0.1) is 6.92 Å². The Balaban J connectivity index is 2.06. The molecule has 0 atom stereocenters. The van der Waals surface area contributed by atoms with Crippen molar-refractivity contribution in [3.8, 4) is 5.69 Å². The Labute approximate surface area is 128 Å². The molecule has 1 aliphatic rings. The van der Waals surface area contributed by atoms with E-state index in [1.54, 1.807) is 10.8 Å². The van der Waals surface area contributed by atoms with E-state index in [0.29, 0.717) is 22.2 Å². The van der Waals surface area contributed by atoms with Crippen LogP contribution in [0.15, 0.2) is 28.9 Å². The third-order valence-electron chi connectivity index (χ3n) is 3.27. The maximum absolute atomic E-state index is 12.9. The van der Waals surface area contributed by atoms with E-state index in [4.69, 9.17) is 0 Å². The summed E-state index contributed by atoms with van der Waals surface area (Å²) in [5.41, 5.74) is 0.500. The predicted octanol–water partition coefficient (Wildman–Crippen LogP) is 4.54. The average Bonchev–Trinajstić information content (AvgIpc) is 3.11. The Hall–Kier alpha value is -1.50. The first-order valence-electron chi connectivity index (χ1n) is 6.54. The van der Waals surface area contributed by atoms with Gasteiger partial charge in [-0.25, -0.2) is 4.98 Å². The van der Waals surface area contributed by atoms with Crippen LogP contribution >= 0.6 is 15.9 Å². The number of halogens is 4. The second kappa shape index (κ2) is 5.05. The number of imidazole rings is 1. The van der Waals surface area contributed by atoms with Crippen molar-refractivity contribution in [1.29, 1.82) is 0 Å². The monoisotopic (exact) mass is 359 g/mol. The summed E-state index contributed by atoms with van der Waals surface area (Å²) in [6, 6.07) is 3.97. The Morgan fingerprint density at radius 2 is 2.05 bits per heavy atom. The fraction of sp³-hybridized carbons (Fsp3) is 0.357. The van der Waals surface area contributed by atoms with Crippen LogP contribution in [0.2, 0.25) is 0 Å². The maximum Gasteiger partial charge on any atom is 0.416 e. The highest BCUT2D eigenvalue weighted by Gasteiger charge is 2.31. The number of aryl methyl sites for hydroxylation is 1. The van der Waals surface area contributed by atoms with Crippen LogP contribution in [0.1, 0.15) is 24.1 Å². The van der Waals surface area contributed by atoms with Crippen molar-refractivity contribution in [2.75, 3.05) is 5.32 Å². The van der Waals surface area contributed by atoms with E-state index in [1.807, 2.05) is 6.92 Å². The second-order valence-corrected chi connectivity index (χ2v) is 6.01. The molecular formula is C14H13BrF3N3. The first-order valence-corrected chi connectivity index (χ1v) is 7.33. The Bertz CT molecular complexity index is 675. The van der Waals surface area contributed by atoms with Gasteiger partial charge in [-0.1, -0.05) is 0 Å². The van der Waals surface area contributed by atoms with Gasteiger partial charge in [-0.2, -0.15) is 13.2 Å². The zero-order valence-electron chi connectivity index (χ0n) is 11.2. The van der Waals surface area contributed by atoms with Crippen molar-refractivity contribution >= 4 is 21.9 Å². The van der Waals surface area contributed by atoms with Crippen LogP contribution in [0.3, 0.4) is 0 Å². The molecule has 1 aromatic carbocycles. The summed E-state index contributed by atoms with van der Waals surface area (Å²) in [6.07, 6.45) is -0.508. The molecular weight excluding hydrogens is 347 g/mol. The van der Waals surface area contributed by atoms with E-state index < -0.39 is 11.7 Å². The minimum Gasteiger partial charge on any atom is -0.353 e. The zero-order chi connectivity index (χ0) is 15.2. The van der Waals surface area contributed by atoms with E-state index in [9.17, 15) is 13.2 Å². The molecule has 0 bridgehead atoms. The lowest BCUT2D eigenvalue weighted by Crippen LogP contribution is -2.10. The van der Waals surface area contributed by atoms with Crippen LogP contribution in [0.25, 0.3) is 5.69 Å². The summed E-state index contributed by atoms with van der Waals surface area (Å²) in [5.74, 6) is 0.579. The molecule has 112 valence electrons. The van der Waals surface area contributed by atoms with Gasteiger partial charge in [-0.3, -0.25) is 4.57 Å². The Morgan fingerprint density at radius 1 is 1.33 bits per heavy atom. The molecule has 7 heteroatoms. The number of nitrogens with one attached hydrogen (secondary N) is 1. The molecule has 0 radical (unpaired) electrons. The molecule has 1 aromatic heterocycles. The fourth-order valence-corrected chi connectivity index (χ4v) is 2.50. The van der Waals surface area contributed by atoms with Gasteiger partial charge in [-0.05, 0) is 53.9 Å². The maximum atomic E-state index is 12.9. The molecule has 0 unspecified atom stereocenters. The van der Waals surface area contributed by atoms with Crippen LogP contribution < -0.4 is 5.32 Å². The number of rotatable bonds is 3. The van der Waals surface area contributed by atoms with E-state index in [0.717, 1.165) is 30.7 Å². The average molecular weight is 360 g/mol. The summed E-state index contributed by atoms with van der Waals surface area (Å²) in [7, 11) is 0. The molecule has 3 rings (SSSR count). The molecule has 1 fully saturated rings. The lowest BCUT2D eigenvalue weighted by Gasteiger charge is -2.14. The number of anilines is 1. The molecule has 2 aromatic rings.